The first-order valence-electron chi connectivity index (χ1n) is 12.3. The maximum Gasteiger partial charge on any atom is 0.243 e. The number of thioether (sulfide) groups is 1. The van der Waals surface area contributed by atoms with Crippen LogP contribution in [0, 0.1) is 18.7 Å². The second kappa shape index (κ2) is 10.2. The Morgan fingerprint density at radius 3 is 2.77 bits per heavy atom. The first kappa shape index (κ1) is 24.7. The zero-order valence-electron chi connectivity index (χ0n) is 20.2. The van der Waals surface area contributed by atoms with E-state index in [0.29, 0.717) is 41.7 Å². The Bertz CT molecular complexity index is 1320. The Morgan fingerprint density at radius 1 is 1.17 bits per heavy atom. The molecule has 188 valence electrons. The third-order valence-corrected chi connectivity index (χ3v) is 9.90. The number of ether oxygens (including phenoxy) is 1. The highest BCUT2D eigenvalue weighted by Crippen LogP contribution is 2.32. The summed E-state index contributed by atoms with van der Waals surface area (Å²) in [5.74, 6) is 0.780. The average molecular weight is 518 g/mol. The molecular weight excluding hydrogens is 485 g/mol. The molecule has 0 radical (unpaired) electrons. The molecule has 0 unspecified atom stereocenters. The standard InChI is InChI=1S/C26H32FN3O3S2/c1-18-5-3-11-29(15-18)35(31,32)23-9-10-25-24(14-23)28-26(30(25)16-22-6-4-12-33-22)34-17-20-7-8-21(27)13-19(20)2/h7-10,13-14,18,22H,3-6,11-12,15-17H2,1-2H3/t18-,22+/m1/s1. The number of nitrogens with zero attached hydrogens (tertiary/aromatic N) is 3. The van der Waals surface area contributed by atoms with Gasteiger partial charge in [-0.2, -0.15) is 4.31 Å². The van der Waals surface area contributed by atoms with Gasteiger partial charge in [0.05, 0.1) is 28.6 Å². The molecule has 0 amide bonds. The van der Waals surface area contributed by atoms with Crippen LogP contribution in [0.1, 0.15) is 43.7 Å². The second-order valence-corrected chi connectivity index (χ2v) is 12.6. The van der Waals surface area contributed by atoms with Crippen LogP contribution in [0.25, 0.3) is 11.0 Å². The number of rotatable bonds is 7. The number of fused-ring (bicyclic) bond motifs is 1. The van der Waals surface area contributed by atoms with Crippen molar-refractivity contribution in [3.05, 3.63) is 53.3 Å². The summed E-state index contributed by atoms with van der Waals surface area (Å²) in [6.45, 7) is 6.58. The smallest absolute Gasteiger partial charge is 0.243 e. The van der Waals surface area contributed by atoms with Gasteiger partial charge >= 0.3 is 0 Å². The Labute approximate surface area is 210 Å². The van der Waals surface area contributed by atoms with E-state index in [-0.39, 0.29) is 11.9 Å². The monoisotopic (exact) mass is 517 g/mol. The zero-order valence-corrected chi connectivity index (χ0v) is 21.9. The van der Waals surface area contributed by atoms with Crippen molar-refractivity contribution in [3.63, 3.8) is 0 Å². The average Bonchev–Trinajstić information content (AvgIpc) is 3.46. The van der Waals surface area contributed by atoms with Crippen molar-refractivity contribution < 1.29 is 17.5 Å². The quantitative estimate of drug-likeness (QED) is 0.394. The molecular formula is C26H32FN3O3S2. The van der Waals surface area contributed by atoms with Gasteiger partial charge in [0.2, 0.25) is 10.0 Å². The third kappa shape index (κ3) is 5.28. The summed E-state index contributed by atoms with van der Waals surface area (Å²) in [6.07, 6.45) is 4.12. The number of aromatic nitrogens is 2. The first-order chi connectivity index (χ1) is 16.8. The Kier molecular flexibility index (Phi) is 7.21. The van der Waals surface area contributed by atoms with Gasteiger partial charge in [0.15, 0.2) is 5.16 Å². The van der Waals surface area contributed by atoms with Gasteiger partial charge in [-0.15, -0.1) is 0 Å². The van der Waals surface area contributed by atoms with E-state index in [2.05, 4.69) is 11.5 Å². The van der Waals surface area contributed by atoms with E-state index >= 15 is 0 Å². The minimum Gasteiger partial charge on any atom is -0.376 e. The predicted molar refractivity (Wildman–Crippen MR) is 137 cm³/mol. The van der Waals surface area contributed by atoms with Crippen LogP contribution in [0.15, 0.2) is 46.5 Å². The van der Waals surface area contributed by atoms with E-state index < -0.39 is 10.0 Å². The lowest BCUT2D eigenvalue weighted by atomic mass is 10.0. The van der Waals surface area contributed by atoms with Crippen molar-refractivity contribution in [2.75, 3.05) is 19.7 Å². The number of hydrogen-bond donors (Lipinski definition) is 0. The molecule has 9 heteroatoms. The molecule has 5 rings (SSSR count). The fraction of sp³-hybridized carbons (Fsp3) is 0.500. The van der Waals surface area contributed by atoms with Crippen molar-refractivity contribution in [1.29, 1.82) is 0 Å². The molecule has 2 aromatic carbocycles. The predicted octanol–water partition coefficient (Wildman–Crippen LogP) is 5.38. The Hall–Kier alpha value is -1.94. The second-order valence-electron chi connectivity index (χ2n) is 9.76. The summed E-state index contributed by atoms with van der Waals surface area (Å²) >= 11 is 1.58. The summed E-state index contributed by atoms with van der Waals surface area (Å²) in [5, 5.41) is 0.820. The van der Waals surface area contributed by atoms with E-state index in [0.717, 1.165) is 54.1 Å². The normalized spacial score (nSPS) is 21.7. The molecule has 35 heavy (non-hydrogen) atoms. The van der Waals surface area contributed by atoms with Gasteiger partial charge in [-0.3, -0.25) is 0 Å². The molecule has 0 bridgehead atoms. The number of aryl methyl sites for hydroxylation is 1. The molecule has 0 N–H and O–H groups in total. The van der Waals surface area contributed by atoms with Crippen molar-refractivity contribution in [1.82, 2.24) is 13.9 Å². The lowest BCUT2D eigenvalue weighted by molar-refractivity contribution is 0.0960. The SMILES string of the molecule is Cc1cc(F)ccc1CSc1nc2cc(S(=O)(=O)N3CCC[C@@H](C)C3)ccc2n1C[C@@H]1CCCO1. The van der Waals surface area contributed by atoms with Crippen LogP contribution >= 0.6 is 11.8 Å². The molecule has 2 saturated heterocycles. The van der Waals surface area contributed by atoms with Crippen LogP contribution in [0.4, 0.5) is 4.39 Å². The minimum atomic E-state index is -3.56. The van der Waals surface area contributed by atoms with Crippen molar-refractivity contribution in [3.8, 4) is 0 Å². The molecule has 0 saturated carbocycles. The van der Waals surface area contributed by atoms with Crippen LogP contribution in [0.5, 0.6) is 0 Å². The first-order valence-corrected chi connectivity index (χ1v) is 14.7. The number of hydrogen-bond acceptors (Lipinski definition) is 5. The van der Waals surface area contributed by atoms with E-state index in [1.54, 1.807) is 34.3 Å². The van der Waals surface area contributed by atoms with E-state index in [1.165, 1.54) is 6.07 Å². The lowest BCUT2D eigenvalue weighted by Gasteiger charge is -2.30. The molecule has 2 atom stereocenters. The summed E-state index contributed by atoms with van der Waals surface area (Å²) in [4.78, 5) is 5.16. The van der Waals surface area contributed by atoms with Gasteiger partial charge < -0.3 is 9.30 Å². The highest BCUT2D eigenvalue weighted by Gasteiger charge is 2.29. The number of sulfonamides is 1. The molecule has 2 fully saturated rings. The van der Waals surface area contributed by atoms with Crippen molar-refractivity contribution >= 4 is 32.8 Å². The number of imidazole rings is 1. The van der Waals surface area contributed by atoms with Crippen LogP contribution in [0.2, 0.25) is 0 Å². The van der Waals surface area contributed by atoms with Crippen LogP contribution in [-0.4, -0.2) is 48.1 Å². The maximum atomic E-state index is 13.5. The van der Waals surface area contributed by atoms with Crippen molar-refractivity contribution in [2.24, 2.45) is 5.92 Å². The molecule has 0 aliphatic carbocycles. The Morgan fingerprint density at radius 2 is 2.03 bits per heavy atom. The van der Waals surface area contributed by atoms with Gasteiger partial charge in [0, 0.05) is 25.4 Å². The highest BCUT2D eigenvalue weighted by molar-refractivity contribution is 7.98. The summed E-state index contributed by atoms with van der Waals surface area (Å²) in [7, 11) is -3.56. The van der Waals surface area contributed by atoms with Gasteiger partial charge in [0.1, 0.15) is 5.82 Å². The van der Waals surface area contributed by atoms with Crippen LogP contribution in [0.3, 0.4) is 0 Å². The number of benzene rings is 2. The number of piperidine rings is 1. The van der Waals surface area contributed by atoms with Crippen LogP contribution < -0.4 is 0 Å². The molecule has 3 heterocycles. The maximum absolute atomic E-state index is 13.5. The molecule has 2 aliphatic heterocycles. The Balaban J connectivity index is 1.47. The van der Waals surface area contributed by atoms with Crippen LogP contribution in [-0.2, 0) is 27.1 Å². The highest BCUT2D eigenvalue weighted by atomic mass is 32.2. The van der Waals surface area contributed by atoms with Gasteiger partial charge in [-0.1, -0.05) is 24.8 Å². The molecule has 1 aromatic heterocycles. The third-order valence-electron chi connectivity index (χ3n) is 7.01. The summed E-state index contributed by atoms with van der Waals surface area (Å²) in [5.41, 5.74) is 3.54. The molecule has 2 aliphatic rings. The topological polar surface area (TPSA) is 64.4 Å². The summed E-state index contributed by atoms with van der Waals surface area (Å²) in [6, 6.07) is 10.1. The molecule has 3 aromatic rings. The minimum absolute atomic E-state index is 0.123. The fourth-order valence-corrected chi connectivity index (χ4v) is 7.72. The fourth-order valence-electron chi connectivity index (χ4n) is 5.00. The lowest BCUT2D eigenvalue weighted by Crippen LogP contribution is -2.39. The van der Waals surface area contributed by atoms with Crippen molar-refractivity contribution in [2.45, 2.75) is 68.0 Å². The molecule has 6 nitrogen and oxygen atoms in total. The van der Waals surface area contributed by atoms with Gasteiger partial charge in [0.25, 0.3) is 0 Å². The van der Waals surface area contributed by atoms with E-state index in [9.17, 15) is 12.8 Å². The molecule has 0 spiro atoms. The summed E-state index contributed by atoms with van der Waals surface area (Å²) < 4.78 is 49.9. The van der Waals surface area contributed by atoms with E-state index in [4.69, 9.17) is 9.72 Å². The number of halogens is 1. The van der Waals surface area contributed by atoms with E-state index in [1.807, 2.05) is 19.1 Å². The zero-order chi connectivity index (χ0) is 24.6. The largest absolute Gasteiger partial charge is 0.376 e. The van der Waals surface area contributed by atoms with Gasteiger partial charge in [-0.25, -0.2) is 17.8 Å². The van der Waals surface area contributed by atoms with Gasteiger partial charge in [-0.05, 0) is 80.0 Å².